The lowest BCUT2D eigenvalue weighted by atomic mass is 10.2. The van der Waals surface area contributed by atoms with Crippen molar-refractivity contribution in [2.75, 3.05) is 13.7 Å². The van der Waals surface area contributed by atoms with Crippen LogP contribution in [0.3, 0.4) is 0 Å². The minimum Gasteiger partial charge on any atom is -0.383 e. The highest BCUT2D eigenvalue weighted by molar-refractivity contribution is 5.68. The minimum atomic E-state index is -0.937. The Labute approximate surface area is 137 Å². The molecule has 0 radical (unpaired) electrons. The van der Waals surface area contributed by atoms with E-state index in [0.717, 1.165) is 4.57 Å². The fourth-order valence-corrected chi connectivity index (χ4v) is 2.50. The van der Waals surface area contributed by atoms with Gasteiger partial charge in [0.15, 0.2) is 0 Å². The molecule has 24 heavy (non-hydrogen) atoms. The van der Waals surface area contributed by atoms with Gasteiger partial charge in [0, 0.05) is 32.5 Å². The first kappa shape index (κ1) is 17.6. The largest absolute Gasteiger partial charge is 0.383 e. The maximum Gasteiger partial charge on any atom is 0.358 e. The predicted octanol–water partition coefficient (Wildman–Crippen LogP) is 0.375. The third kappa shape index (κ3) is 3.13. The molecule has 10 nitrogen and oxygen atoms in total. The summed E-state index contributed by atoms with van der Waals surface area (Å²) in [5, 5.41) is 15.5. The second-order valence-electron chi connectivity index (χ2n) is 5.24. The van der Waals surface area contributed by atoms with Crippen molar-refractivity contribution >= 4 is 5.69 Å². The predicted molar refractivity (Wildman–Crippen MR) is 86.0 cm³/mol. The highest BCUT2D eigenvalue weighted by Crippen LogP contribution is 2.25. The molecule has 2 aromatic heterocycles. The number of nitrogens with zero attached hydrogens (tertiary/aromatic N) is 5. The number of hydrogen-bond acceptors (Lipinski definition) is 6. The summed E-state index contributed by atoms with van der Waals surface area (Å²) in [5.74, 6) is 0. The number of nitro groups is 1. The highest BCUT2D eigenvalue weighted by atomic mass is 16.6. The summed E-state index contributed by atoms with van der Waals surface area (Å²) in [6.45, 7) is 2.14. The summed E-state index contributed by atoms with van der Waals surface area (Å²) in [5.41, 5.74) is -1.83. The van der Waals surface area contributed by atoms with E-state index in [1.165, 1.54) is 28.8 Å². The quantitative estimate of drug-likeness (QED) is 0.533. The van der Waals surface area contributed by atoms with E-state index in [1.54, 1.807) is 7.05 Å². The molecule has 0 saturated carbocycles. The van der Waals surface area contributed by atoms with Crippen LogP contribution in [0, 0.1) is 10.1 Å². The van der Waals surface area contributed by atoms with Crippen molar-refractivity contribution in [3.8, 4) is 11.3 Å². The molecule has 0 saturated heterocycles. The van der Waals surface area contributed by atoms with E-state index in [2.05, 4.69) is 5.10 Å². The molecule has 0 N–H and O–H groups in total. The molecule has 0 fully saturated rings. The molecule has 0 bridgehead atoms. The lowest BCUT2D eigenvalue weighted by Crippen LogP contribution is -2.42. The smallest absolute Gasteiger partial charge is 0.358 e. The van der Waals surface area contributed by atoms with Crippen molar-refractivity contribution in [1.29, 1.82) is 0 Å². The van der Waals surface area contributed by atoms with E-state index in [4.69, 9.17) is 4.74 Å². The topological polar surface area (TPSA) is 114 Å². The number of ether oxygens (including phenoxy) is 1. The van der Waals surface area contributed by atoms with Crippen LogP contribution in [0.15, 0.2) is 22.0 Å². The van der Waals surface area contributed by atoms with E-state index in [1.807, 2.05) is 6.92 Å². The third-order valence-corrected chi connectivity index (χ3v) is 3.53. The summed E-state index contributed by atoms with van der Waals surface area (Å²) in [4.78, 5) is 36.0. The molecule has 0 atom stereocenters. The van der Waals surface area contributed by atoms with Crippen molar-refractivity contribution in [2.24, 2.45) is 7.05 Å². The Morgan fingerprint density at radius 1 is 1.29 bits per heavy atom. The first-order chi connectivity index (χ1) is 11.4. The third-order valence-electron chi connectivity index (χ3n) is 3.53. The van der Waals surface area contributed by atoms with Gasteiger partial charge in [-0.3, -0.25) is 28.7 Å². The standard InChI is InChI=1S/C14H19N5O5/c1-4-5-17-11(10-8-15-16(2)9-10)12(19(22)23)13(20)18(14(17)21)6-7-24-3/h8-9H,4-7H2,1-3H3. The SMILES string of the molecule is CCCn1c(-c2cnn(C)c2)c([N+](=O)[O-])c(=O)n(CCOC)c1=O. The van der Waals surface area contributed by atoms with Crippen LogP contribution < -0.4 is 11.2 Å². The number of hydrogen-bond donors (Lipinski definition) is 0. The second kappa shape index (κ2) is 7.21. The second-order valence-corrected chi connectivity index (χ2v) is 5.24. The Kier molecular flexibility index (Phi) is 5.29. The average molecular weight is 337 g/mol. The summed E-state index contributed by atoms with van der Waals surface area (Å²) >= 11 is 0. The lowest BCUT2D eigenvalue weighted by molar-refractivity contribution is -0.386. The first-order valence-corrected chi connectivity index (χ1v) is 7.42. The van der Waals surface area contributed by atoms with Gasteiger partial charge in [0.25, 0.3) is 0 Å². The summed E-state index contributed by atoms with van der Waals surface area (Å²) in [6, 6.07) is 0. The lowest BCUT2D eigenvalue weighted by Gasteiger charge is -2.14. The molecule has 0 aliphatic heterocycles. The van der Waals surface area contributed by atoms with E-state index in [9.17, 15) is 19.7 Å². The van der Waals surface area contributed by atoms with Crippen LogP contribution in [0.2, 0.25) is 0 Å². The zero-order valence-corrected chi connectivity index (χ0v) is 13.8. The molecule has 0 amide bonds. The fourth-order valence-electron chi connectivity index (χ4n) is 2.50. The Morgan fingerprint density at radius 3 is 2.50 bits per heavy atom. The molecule has 130 valence electrons. The fraction of sp³-hybridized carbons (Fsp3) is 0.500. The number of rotatable bonds is 7. The molecule has 2 rings (SSSR count). The summed E-state index contributed by atoms with van der Waals surface area (Å²) in [7, 11) is 3.07. The van der Waals surface area contributed by atoms with Gasteiger partial charge in [-0.2, -0.15) is 5.10 Å². The van der Waals surface area contributed by atoms with Gasteiger partial charge in [-0.15, -0.1) is 0 Å². The Balaban J connectivity index is 2.88. The van der Waals surface area contributed by atoms with Crippen molar-refractivity contribution in [2.45, 2.75) is 26.4 Å². The molecule has 0 aliphatic rings. The average Bonchev–Trinajstić information content (AvgIpc) is 2.95. The zero-order chi connectivity index (χ0) is 17.9. The Hall–Kier alpha value is -2.75. The molecule has 0 spiro atoms. The molecule has 2 heterocycles. The number of aryl methyl sites for hydroxylation is 1. The van der Waals surface area contributed by atoms with E-state index in [-0.39, 0.29) is 25.4 Å². The van der Waals surface area contributed by atoms with Crippen LogP contribution in [-0.2, 0) is 24.9 Å². The molecule has 0 unspecified atom stereocenters. The molecular weight excluding hydrogens is 318 g/mol. The van der Waals surface area contributed by atoms with Crippen molar-refractivity contribution in [3.05, 3.63) is 43.3 Å². The number of methoxy groups -OCH3 is 1. The van der Waals surface area contributed by atoms with E-state index >= 15 is 0 Å². The van der Waals surface area contributed by atoms with Crippen LogP contribution in [0.4, 0.5) is 5.69 Å². The van der Waals surface area contributed by atoms with E-state index in [0.29, 0.717) is 12.0 Å². The van der Waals surface area contributed by atoms with Crippen LogP contribution in [-0.4, -0.2) is 37.6 Å². The Bertz CT molecular complexity index is 863. The van der Waals surface area contributed by atoms with Crippen molar-refractivity contribution in [3.63, 3.8) is 0 Å². The Morgan fingerprint density at radius 2 is 2.00 bits per heavy atom. The molecule has 0 aromatic carbocycles. The number of aromatic nitrogens is 4. The molecular formula is C14H19N5O5. The van der Waals surface area contributed by atoms with Gasteiger partial charge in [0.1, 0.15) is 5.69 Å². The molecule has 2 aromatic rings. The van der Waals surface area contributed by atoms with Gasteiger partial charge in [0.05, 0.1) is 24.3 Å². The van der Waals surface area contributed by atoms with Gasteiger partial charge in [-0.25, -0.2) is 4.79 Å². The van der Waals surface area contributed by atoms with Gasteiger partial charge >= 0.3 is 16.9 Å². The van der Waals surface area contributed by atoms with Gasteiger partial charge in [-0.1, -0.05) is 6.92 Å². The van der Waals surface area contributed by atoms with Gasteiger partial charge in [0.2, 0.25) is 0 Å². The van der Waals surface area contributed by atoms with Crippen LogP contribution in [0.25, 0.3) is 11.3 Å². The van der Waals surface area contributed by atoms with E-state index < -0.39 is 21.9 Å². The maximum absolute atomic E-state index is 12.7. The monoisotopic (exact) mass is 337 g/mol. The maximum atomic E-state index is 12.7. The summed E-state index contributed by atoms with van der Waals surface area (Å²) in [6.07, 6.45) is 3.51. The highest BCUT2D eigenvalue weighted by Gasteiger charge is 2.29. The zero-order valence-electron chi connectivity index (χ0n) is 13.8. The van der Waals surface area contributed by atoms with Gasteiger partial charge in [-0.05, 0) is 6.42 Å². The van der Waals surface area contributed by atoms with Crippen molar-refractivity contribution < 1.29 is 9.66 Å². The first-order valence-electron chi connectivity index (χ1n) is 7.42. The molecule has 10 heteroatoms. The molecule has 0 aliphatic carbocycles. The van der Waals surface area contributed by atoms with Gasteiger partial charge < -0.3 is 4.74 Å². The minimum absolute atomic E-state index is 0.0152. The summed E-state index contributed by atoms with van der Waals surface area (Å²) < 4.78 is 8.44. The van der Waals surface area contributed by atoms with Crippen LogP contribution in [0.5, 0.6) is 0 Å². The van der Waals surface area contributed by atoms with Crippen LogP contribution in [0.1, 0.15) is 13.3 Å². The van der Waals surface area contributed by atoms with Crippen molar-refractivity contribution in [1.82, 2.24) is 18.9 Å². The normalized spacial score (nSPS) is 11.0. The van der Waals surface area contributed by atoms with Crippen LogP contribution >= 0.6 is 0 Å².